The first kappa shape index (κ1) is 20.8. The van der Waals surface area contributed by atoms with Gasteiger partial charge < -0.3 is 5.11 Å². The molecule has 9 heteroatoms. The number of nitrogens with one attached hydrogen (secondary N) is 1. The van der Waals surface area contributed by atoms with Crippen molar-refractivity contribution in [2.75, 3.05) is 5.01 Å². The molecule has 156 valence electrons. The standard InChI is InChI=1S/C22H17IN4O4/c1-12-3-7-15(8-4-12)26-20(29)18(19(28)24-22(26)31)11-17-13(2)25-27(21(17)30)16-9-5-14(23)6-10-16/h3-11,29H,1-2H3,(H,24,28,31). The number of aromatic hydroxyl groups is 1. The zero-order valence-corrected chi connectivity index (χ0v) is 18.7. The number of hydrogen-bond acceptors (Lipinski definition) is 5. The van der Waals surface area contributed by atoms with Crippen molar-refractivity contribution in [3.8, 4) is 11.6 Å². The van der Waals surface area contributed by atoms with Crippen LogP contribution in [0.25, 0.3) is 11.8 Å². The van der Waals surface area contributed by atoms with Crippen LogP contribution >= 0.6 is 22.6 Å². The molecule has 4 rings (SSSR count). The van der Waals surface area contributed by atoms with E-state index in [1.54, 1.807) is 43.3 Å². The van der Waals surface area contributed by atoms with E-state index in [4.69, 9.17) is 0 Å². The minimum absolute atomic E-state index is 0.147. The number of rotatable bonds is 3. The molecule has 1 aliphatic heterocycles. The Hall–Kier alpha value is -3.47. The third-order valence-electron chi connectivity index (χ3n) is 4.84. The van der Waals surface area contributed by atoms with Gasteiger partial charge in [-0.1, -0.05) is 17.7 Å². The number of carbonyl (C=O) groups is 1. The number of H-pyrrole nitrogens is 1. The molecule has 2 aromatic carbocycles. The zero-order chi connectivity index (χ0) is 22.3. The maximum atomic E-state index is 13.0. The molecule has 2 N–H and O–H groups in total. The van der Waals surface area contributed by atoms with Crippen molar-refractivity contribution < 1.29 is 9.90 Å². The molecule has 1 amide bonds. The highest BCUT2D eigenvalue weighted by molar-refractivity contribution is 14.1. The maximum Gasteiger partial charge on any atom is 0.335 e. The van der Waals surface area contributed by atoms with Crippen LogP contribution in [0.15, 0.2) is 68.8 Å². The van der Waals surface area contributed by atoms with Crippen LogP contribution in [0, 0.1) is 10.5 Å². The van der Waals surface area contributed by atoms with Gasteiger partial charge in [0.25, 0.3) is 11.5 Å². The minimum atomic E-state index is -0.799. The fraction of sp³-hybridized carbons (Fsp3) is 0.0909. The summed E-state index contributed by atoms with van der Waals surface area (Å²) in [6.45, 7) is 3.53. The van der Waals surface area contributed by atoms with E-state index >= 15 is 0 Å². The number of carbonyl (C=O) groups excluding carboxylic acids is 1. The van der Waals surface area contributed by atoms with Gasteiger partial charge in [0, 0.05) is 3.57 Å². The van der Waals surface area contributed by atoms with Crippen LogP contribution in [0.1, 0.15) is 18.1 Å². The van der Waals surface area contributed by atoms with Gasteiger partial charge in [0.1, 0.15) is 5.56 Å². The van der Waals surface area contributed by atoms with Crippen molar-refractivity contribution in [3.05, 3.63) is 89.6 Å². The van der Waals surface area contributed by atoms with E-state index in [0.29, 0.717) is 17.1 Å². The summed E-state index contributed by atoms with van der Waals surface area (Å²) in [6.07, 6.45) is 1.26. The molecule has 0 saturated heterocycles. The Morgan fingerprint density at radius 3 is 2.23 bits per heavy atom. The van der Waals surface area contributed by atoms with Gasteiger partial charge in [-0.25, -0.2) is 9.36 Å². The lowest BCUT2D eigenvalue weighted by molar-refractivity contribution is -0.114. The summed E-state index contributed by atoms with van der Waals surface area (Å²) in [5.41, 5.74) is 0.681. The first-order chi connectivity index (χ1) is 14.8. The lowest BCUT2D eigenvalue weighted by atomic mass is 10.1. The molecule has 0 aliphatic carbocycles. The number of nitrogens with zero attached hydrogens (tertiary/aromatic N) is 3. The molecule has 8 nitrogen and oxygen atoms in total. The molecule has 0 atom stereocenters. The zero-order valence-electron chi connectivity index (χ0n) is 16.6. The number of halogens is 1. The molecule has 0 radical (unpaired) electrons. The van der Waals surface area contributed by atoms with E-state index in [-0.39, 0.29) is 11.1 Å². The topological polar surface area (TPSA) is 108 Å². The van der Waals surface area contributed by atoms with Gasteiger partial charge in [0.2, 0.25) is 5.88 Å². The Morgan fingerprint density at radius 1 is 0.968 bits per heavy atom. The van der Waals surface area contributed by atoms with Gasteiger partial charge in [-0.15, -0.1) is 0 Å². The number of hydrazone groups is 1. The minimum Gasteiger partial charge on any atom is -0.494 e. The second-order valence-corrected chi connectivity index (χ2v) is 8.25. The summed E-state index contributed by atoms with van der Waals surface area (Å²) in [7, 11) is 0. The fourth-order valence-electron chi connectivity index (χ4n) is 3.19. The molecule has 0 unspecified atom stereocenters. The normalized spacial score (nSPS) is 14.9. The van der Waals surface area contributed by atoms with Crippen LogP contribution in [0.2, 0.25) is 0 Å². The van der Waals surface area contributed by atoms with E-state index in [1.165, 1.54) is 11.1 Å². The van der Waals surface area contributed by atoms with E-state index in [2.05, 4.69) is 32.7 Å². The number of hydrogen-bond donors (Lipinski definition) is 2. The average molecular weight is 528 g/mol. The number of aromatic amines is 1. The Morgan fingerprint density at radius 2 is 1.58 bits per heavy atom. The molecule has 1 aliphatic rings. The first-order valence-corrected chi connectivity index (χ1v) is 10.4. The van der Waals surface area contributed by atoms with Gasteiger partial charge in [0.05, 0.1) is 22.7 Å². The number of anilines is 1. The van der Waals surface area contributed by atoms with Crippen LogP contribution in [-0.2, 0) is 4.79 Å². The predicted octanol–water partition coefficient (Wildman–Crippen LogP) is 2.95. The second kappa shape index (κ2) is 7.99. The van der Waals surface area contributed by atoms with Crippen molar-refractivity contribution in [2.45, 2.75) is 13.8 Å². The molecule has 3 aromatic rings. The summed E-state index contributed by atoms with van der Waals surface area (Å²) in [6, 6.07) is 14.1. The lowest BCUT2D eigenvalue weighted by Crippen LogP contribution is -2.30. The third kappa shape index (κ3) is 3.83. The summed E-state index contributed by atoms with van der Waals surface area (Å²) >= 11 is 2.16. The largest absolute Gasteiger partial charge is 0.494 e. The predicted molar refractivity (Wildman–Crippen MR) is 127 cm³/mol. The molecule has 0 saturated carbocycles. The van der Waals surface area contributed by atoms with Crippen LogP contribution in [0.3, 0.4) is 0 Å². The monoisotopic (exact) mass is 528 g/mol. The van der Waals surface area contributed by atoms with Crippen LogP contribution in [0.5, 0.6) is 5.88 Å². The van der Waals surface area contributed by atoms with Crippen molar-refractivity contribution in [1.82, 2.24) is 9.55 Å². The van der Waals surface area contributed by atoms with Crippen LogP contribution < -0.4 is 16.3 Å². The van der Waals surface area contributed by atoms with Crippen molar-refractivity contribution in [1.29, 1.82) is 0 Å². The SMILES string of the molecule is CC1=NN(c2ccc(I)cc2)C(=O)C1=Cc1c(O)n(-c2ccc(C)cc2)c(=O)[nH]c1=O. The molecule has 2 heterocycles. The summed E-state index contributed by atoms with van der Waals surface area (Å²) < 4.78 is 2.00. The summed E-state index contributed by atoms with van der Waals surface area (Å²) in [4.78, 5) is 40.0. The molecular weight excluding hydrogens is 511 g/mol. The Kier molecular flexibility index (Phi) is 5.36. The van der Waals surface area contributed by atoms with E-state index < -0.39 is 23.0 Å². The van der Waals surface area contributed by atoms with Gasteiger partial charge in [-0.05, 0) is 78.9 Å². The maximum absolute atomic E-state index is 13.0. The van der Waals surface area contributed by atoms with E-state index in [1.807, 2.05) is 19.1 Å². The first-order valence-electron chi connectivity index (χ1n) is 9.29. The van der Waals surface area contributed by atoms with Gasteiger partial charge in [-0.3, -0.25) is 14.6 Å². The van der Waals surface area contributed by atoms with Crippen molar-refractivity contribution in [2.24, 2.45) is 5.10 Å². The highest BCUT2D eigenvalue weighted by Gasteiger charge is 2.29. The van der Waals surface area contributed by atoms with Gasteiger partial charge >= 0.3 is 5.69 Å². The van der Waals surface area contributed by atoms with E-state index in [0.717, 1.165) is 13.7 Å². The highest BCUT2D eigenvalue weighted by Crippen LogP contribution is 2.27. The molecule has 0 spiro atoms. The van der Waals surface area contributed by atoms with Crippen LogP contribution in [0.4, 0.5) is 5.69 Å². The highest BCUT2D eigenvalue weighted by atomic mass is 127. The molecule has 1 aromatic heterocycles. The number of benzene rings is 2. The van der Waals surface area contributed by atoms with Gasteiger partial charge in [0.15, 0.2) is 0 Å². The fourth-order valence-corrected chi connectivity index (χ4v) is 3.55. The van der Waals surface area contributed by atoms with Crippen LogP contribution in [-0.4, -0.2) is 26.3 Å². The number of aromatic nitrogens is 2. The summed E-state index contributed by atoms with van der Waals surface area (Å²) in [5, 5.41) is 16.3. The molecule has 0 fully saturated rings. The van der Waals surface area contributed by atoms with E-state index in [9.17, 15) is 19.5 Å². The smallest absolute Gasteiger partial charge is 0.335 e. The lowest BCUT2D eigenvalue weighted by Gasteiger charge is -2.12. The average Bonchev–Trinajstić information content (AvgIpc) is 3.01. The Balaban J connectivity index is 1.81. The van der Waals surface area contributed by atoms with Crippen molar-refractivity contribution in [3.63, 3.8) is 0 Å². The third-order valence-corrected chi connectivity index (χ3v) is 5.55. The quantitative estimate of drug-likeness (QED) is 0.403. The molecule has 31 heavy (non-hydrogen) atoms. The number of aryl methyl sites for hydroxylation is 1. The Bertz CT molecular complexity index is 1370. The second-order valence-electron chi connectivity index (χ2n) is 7.00. The summed E-state index contributed by atoms with van der Waals surface area (Å²) in [5.74, 6) is -0.996. The molecule has 0 bridgehead atoms. The Labute approximate surface area is 190 Å². The van der Waals surface area contributed by atoms with Gasteiger partial charge in [-0.2, -0.15) is 10.1 Å². The van der Waals surface area contributed by atoms with Crippen molar-refractivity contribution >= 4 is 46.0 Å². The number of amides is 1. The molecular formula is C22H17IN4O4.